The molecule has 2 aromatic carbocycles. The number of hydrogen-bond donors (Lipinski definition) is 0. The summed E-state index contributed by atoms with van der Waals surface area (Å²) >= 11 is 1.58. The summed E-state index contributed by atoms with van der Waals surface area (Å²) in [6.45, 7) is 0. The average Bonchev–Trinajstić information content (AvgIpc) is 3.19. The molecule has 0 N–H and O–H groups in total. The first-order valence-corrected chi connectivity index (χ1v) is 8.11. The third-order valence-corrected chi connectivity index (χ3v) is 4.88. The number of rotatable bonds is 4. The van der Waals surface area contributed by atoms with E-state index in [2.05, 4.69) is 10.2 Å². The van der Waals surface area contributed by atoms with Crippen LogP contribution in [0.1, 0.15) is 0 Å². The Labute approximate surface area is 142 Å². The van der Waals surface area contributed by atoms with E-state index in [1.165, 1.54) is 0 Å². The van der Waals surface area contributed by atoms with Gasteiger partial charge in [0.15, 0.2) is 17.3 Å². The van der Waals surface area contributed by atoms with E-state index in [0.29, 0.717) is 11.5 Å². The van der Waals surface area contributed by atoms with Crippen molar-refractivity contribution in [3.63, 3.8) is 0 Å². The van der Waals surface area contributed by atoms with Crippen LogP contribution < -0.4 is 14.2 Å². The normalized spacial score (nSPS) is 11.1. The summed E-state index contributed by atoms with van der Waals surface area (Å²) in [7, 11) is 4.90. The molecule has 4 rings (SSSR count). The van der Waals surface area contributed by atoms with Crippen molar-refractivity contribution < 1.29 is 14.2 Å². The van der Waals surface area contributed by atoms with Gasteiger partial charge in [0.25, 0.3) is 0 Å². The maximum atomic E-state index is 5.39. The molecule has 0 bridgehead atoms. The fourth-order valence-electron chi connectivity index (χ4n) is 2.70. The molecule has 0 aliphatic rings. The van der Waals surface area contributed by atoms with Crippen LogP contribution in [0, 0.1) is 0 Å². The zero-order valence-corrected chi connectivity index (χ0v) is 14.3. The second-order valence-corrected chi connectivity index (χ2v) is 6.16. The van der Waals surface area contributed by atoms with Gasteiger partial charge in [-0.3, -0.25) is 4.40 Å². The highest BCUT2D eigenvalue weighted by Crippen LogP contribution is 2.35. The van der Waals surface area contributed by atoms with Crippen molar-refractivity contribution in [2.24, 2.45) is 0 Å². The van der Waals surface area contributed by atoms with Gasteiger partial charge in [-0.1, -0.05) is 11.3 Å². The van der Waals surface area contributed by atoms with Crippen LogP contribution in [0.4, 0.5) is 0 Å². The smallest absolute Gasteiger partial charge is 0.217 e. The number of nitrogens with zero attached hydrogens (tertiary/aromatic N) is 3. The Kier molecular flexibility index (Phi) is 3.50. The Morgan fingerprint density at radius 3 is 2.46 bits per heavy atom. The van der Waals surface area contributed by atoms with Gasteiger partial charge in [0.1, 0.15) is 5.75 Å². The number of thiazole rings is 1. The minimum atomic E-state index is 0.660. The first-order chi connectivity index (χ1) is 11.7. The van der Waals surface area contributed by atoms with Crippen molar-refractivity contribution >= 4 is 26.5 Å². The zero-order chi connectivity index (χ0) is 16.7. The van der Waals surface area contributed by atoms with E-state index in [-0.39, 0.29) is 0 Å². The number of ether oxygens (including phenoxy) is 3. The molecule has 2 aromatic heterocycles. The predicted octanol–water partition coefficient (Wildman–Crippen LogP) is 3.64. The van der Waals surface area contributed by atoms with Crippen molar-refractivity contribution in [3.8, 4) is 28.6 Å². The van der Waals surface area contributed by atoms with Gasteiger partial charge in [0.2, 0.25) is 4.96 Å². The Bertz CT molecular complexity index is 1040. The molecule has 0 radical (unpaired) electrons. The fraction of sp³-hybridized carbons (Fsp3) is 0.176. The Balaban J connectivity index is 1.94. The molecule has 0 aliphatic carbocycles. The van der Waals surface area contributed by atoms with E-state index in [1.807, 2.05) is 40.8 Å². The molecule has 6 nitrogen and oxygen atoms in total. The van der Waals surface area contributed by atoms with E-state index < -0.39 is 0 Å². The lowest BCUT2D eigenvalue weighted by Crippen LogP contribution is -1.93. The second kappa shape index (κ2) is 5.68. The van der Waals surface area contributed by atoms with Gasteiger partial charge in [-0.2, -0.15) is 0 Å². The van der Waals surface area contributed by atoms with Gasteiger partial charge in [0, 0.05) is 5.56 Å². The Hall–Kier alpha value is -2.80. The molecule has 0 amide bonds. The first kappa shape index (κ1) is 14.8. The predicted molar refractivity (Wildman–Crippen MR) is 93.5 cm³/mol. The standard InChI is InChI=1S/C17H15N3O3S/c1-21-11-5-6-12-15(9-11)24-17-19-18-16(20(12)17)10-4-7-13(22-2)14(8-10)23-3/h4-9H,1-3H3. The summed E-state index contributed by atoms with van der Waals surface area (Å²) in [5.41, 5.74) is 1.96. The highest BCUT2D eigenvalue weighted by molar-refractivity contribution is 7.23. The average molecular weight is 341 g/mol. The lowest BCUT2D eigenvalue weighted by molar-refractivity contribution is 0.355. The lowest BCUT2D eigenvalue weighted by Gasteiger charge is -2.08. The topological polar surface area (TPSA) is 57.9 Å². The maximum Gasteiger partial charge on any atom is 0.217 e. The van der Waals surface area contributed by atoms with E-state index in [9.17, 15) is 0 Å². The lowest BCUT2D eigenvalue weighted by atomic mass is 10.2. The van der Waals surface area contributed by atoms with E-state index in [0.717, 1.165) is 32.3 Å². The van der Waals surface area contributed by atoms with Gasteiger partial charge >= 0.3 is 0 Å². The largest absolute Gasteiger partial charge is 0.497 e. The van der Waals surface area contributed by atoms with Crippen LogP contribution in [0.3, 0.4) is 0 Å². The van der Waals surface area contributed by atoms with Gasteiger partial charge in [-0.05, 0) is 36.4 Å². The van der Waals surface area contributed by atoms with Gasteiger partial charge < -0.3 is 14.2 Å². The molecule has 7 heteroatoms. The van der Waals surface area contributed by atoms with Crippen LogP contribution in [0.2, 0.25) is 0 Å². The molecule has 4 aromatic rings. The second-order valence-electron chi connectivity index (χ2n) is 5.15. The van der Waals surface area contributed by atoms with E-state index in [4.69, 9.17) is 14.2 Å². The van der Waals surface area contributed by atoms with Crippen molar-refractivity contribution in [2.45, 2.75) is 0 Å². The first-order valence-electron chi connectivity index (χ1n) is 7.29. The zero-order valence-electron chi connectivity index (χ0n) is 13.4. The number of aromatic nitrogens is 3. The monoisotopic (exact) mass is 341 g/mol. The summed E-state index contributed by atoms with van der Waals surface area (Å²) in [5, 5.41) is 8.65. The molecule has 0 unspecified atom stereocenters. The summed E-state index contributed by atoms with van der Waals surface area (Å²) in [6, 6.07) is 11.7. The number of methoxy groups -OCH3 is 3. The van der Waals surface area contributed by atoms with Crippen molar-refractivity contribution in [3.05, 3.63) is 36.4 Å². The third kappa shape index (κ3) is 2.16. The van der Waals surface area contributed by atoms with Crippen LogP contribution >= 0.6 is 11.3 Å². The maximum absolute atomic E-state index is 5.39. The molecule has 24 heavy (non-hydrogen) atoms. The van der Waals surface area contributed by atoms with Crippen LogP contribution in [-0.4, -0.2) is 35.9 Å². The molecular formula is C17H15N3O3S. The summed E-state index contributed by atoms with van der Waals surface area (Å²) in [5.74, 6) is 2.94. The third-order valence-electron chi connectivity index (χ3n) is 3.88. The molecule has 0 fully saturated rings. The molecule has 0 saturated carbocycles. The van der Waals surface area contributed by atoms with Crippen LogP contribution in [-0.2, 0) is 0 Å². The minimum absolute atomic E-state index is 0.660. The van der Waals surface area contributed by atoms with Crippen LogP contribution in [0.25, 0.3) is 26.6 Å². The van der Waals surface area contributed by atoms with Crippen molar-refractivity contribution in [2.75, 3.05) is 21.3 Å². The Morgan fingerprint density at radius 1 is 0.875 bits per heavy atom. The summed E-state index contributed by atoms with van der Waals surface area (Å²) in [6.07, 6.45) is 0. The van der Waals surface area contributed by atoms with Gasteiger partial charge in [-0.25, -0.2) is 0 Å². The number of hydrogen-bond acceptors (Lipinski definition) is 6. The molecule has 2 heterocycles. The van der Waals surface area contributed by atoms with Crippen molar-refractivity contribution in [1.29, 1.82) is 0 Å². The van der Waals surface area contributed by atoms with E-state index >= 15 is 0 Å². The molecular weight excluding hydrogens is 326 g/mol. The highest BCUT2D eigenvalue weighted by Gasteiger charge is 2.16. The number of benzene rings is 2. The fourth-order valence-corrected chi connectivity index (χ4v) is 3.70. The molecule has 122 valence electrons. The van der Waals surface area contributed by atoms with Crippen LogP contribution in [0.15, 0.2) is 36.4 Å². The van der Waals surface area contributed by atoms with Crippen molar-refractivity contribution in [1.82, 2.24) is 14.6 Å². The SMILES string of the molecule is COc1ccc2c(c1)sc1nnc(-c3ccc(OC)c(OC)c3)n12. The summed E-state index contributed by atoms with van der Waals surface area (Å²) in [4.78, 5) is 0.836. The molecule has 0 saturated heterocycles. The highest BCUT2D eigenvalue weighted by atomic mass is 32.1. The van der Waals surface area contributed by atoms with Gasteiger partial charge in [0.05, 0.1) is 31.5 Å². The minimum Gasteiger partial charge on any atom is -0.497 e. The van der Waals surface area contributed by atoms with E-state index in [1.54, 1.807) is 32.7 Å². The molecule has 0 aliphatic heterocycles. The van der Waals surface area contributed by atoms with Gasteiger partial charge in [-0.15, -0.1) is 10.2 Å². The van der Waals surface area contributed by atoms with Crippen LogP contribution in [0.5, 0.6) is 17.2 Å². The Morgan fingerprint density at radius 2 is 1.71 bits per heavy atom. The summed E-state index contributed by atoms with van der Waals surface area (Å²) < 4.78 is 19.1. The quantitative estimate of drug-likeness (QED) is 0.567. The number of fused-ring (bicyclic) bond motifs is 3. The molecule has 0 spiro atoms. The molecule has 0 atom stereocenters.